The molecule has 2 rings (SSSR count). The molecule has 2 N–H and O–H groups in total. The monoisotopic (exact) mass is 251 g/mol. The van der Waals surface area contributed by atoms with E-state index in [1.165, 1.54) is 19.3 Å². The van der Waals surface area contributed by atoms with Gasteiger partial charge in [0.25, 0.3) is 0 Å². The third-order valence-corrected chi connectivity index (χ3v) is 3.27. The van der Waals surface area contributed by atoms with Gasteiger partial charge < -0.3 is 15.2 Å². The van der Waals surface area contributed by atoms with Crippen LogP contribution in [0.25, 0.3) is 0 Å². The van der Waals surface area contributed by atoms with Gasteiger partial charge in [0.2, 0.25) is 0 Å². The summed E-state index contributed by atoms with van der Waals surface area (Å²) in [5, 5.41) is 9.67. The van der Waals surface area contributed by atoms with Crippen LogP contribution in [0.4, 0.5) is 4.79 Å². The molecule has 0 saturated heterocycles. The molecule has 1 heterocycles. The normalized spacial score (nSPS) is 16.5. The second-order valence-corrected chi connectivity index (χ2v) is 4.92. The molecule has 0 bridgehead atoms. The van der Waals surface area contributed by atoms with E-state index in [9.17, 15) is 4.79 Å². The van der Waals surface area contributed by atoms with E-state index in [1.807, 2.05) is 13.0 Å². The number of hydrogen-bond donors (Lipinski definition) is 2. The molecule has 0 spiro atoms. The lowest BCUT2D eigenvalue weighted by Crippen LogP contribution is -2.43. The van der Waals surface area contributed by atoms with Gasteiger partial charge in [0, 0.05) is 25.1 Å². The van der Waals surface area contributed by atoms with Gasteiger partial charge in [-0.05, 0) is 19.8 Å². The van der Waals surface area contributed by atoms with Crippen LogP contribution < -0.4 is 10.6 Å². The molecule has 0 radical (unpaired) electrons. The fourth-order valence-electron chi connectivity index (χ4n) is 2.32. The lowest BCUT2D eigenvalue weighted by atomic mass is 9.96. The zero-order valence-corrected chi connectivity index (χ0v) is 10.9. The second kappa shape index (κ2) is 6.42. The third kappa shape index (κ3) is 4.05. The highest BCUT2D eigenvalue weighted by atomic mass is 16.5. The van der Waals surface area contributed by atoms with Crippen molar-refractivity contribution < 1.29 is 9.32 Å². The molecule has 1 aliphatic rings. The number of hydrogen-bond acceptors (Lipinski definition) is 3. The average Bonchev–Trinajstić information content (AvgIpc) is 2.76. The van der Waals surface area contributed by atoms with Gasteiger partial charge in [0.05, 0.1) is 5.69 Å². The average molecular weight is 251 g/mol. The Labute approximate surface area is 107 Å². The maximum Gasteiger partial charge on any atom is 0.315 e. The van der Waals surface area contributed by atoms with Gasteiger partial charge in [-0.3, -0.25) is 0 Å². The Balaban J connectivity index is 1.62. The molecule has 5 nitrogen and oxygen atoms in total. The molecule has 1 aromatic rings. The molecule has 0 aliphatic heterocycles. The first-order valence-electron chi connectivity index (χ1n) is 6.70. The van der Waals surface area contributed by atoms with Crippen molar-refractivity contribution in [3.8, 4) is 0 Å². The minimum absolute atomic E-state index is 0.0712. The van der Waals surface area contributed by atoms with Crippen molar-refractivity contribution in [3.63, 3.8) is 0 Å². The topological polar surface area (TPSA) is 67.2 Å². The van der Waals surface area contributed by atoms with Crippen LogP contribution in [-0.4, -0.2) is 23.8 Å². The van der Waals surface area contributed by atoms with E-state index < -0.39 is 0 Å². The summed E-state index contributed by atoms with van der Waals surface area (Å²) in [5.41, 5.74) is 0.872. The summed E-state index contributed by atoms with van der Waals surface area (Å²) in [6, 6.07) is 2.17. The Hall–Kier alpha value is -1.52. The fraction of sp³-hybridized carbons (Fsp3) is 0.692. The third-order valence-electron chi connectivity index (χ3n) is 3.27. The molecule has 0 unspecified atom stereocenters. The summed E-state index contributed by atoms with van der Waals surface area (Å²) in [6.45, 7) is 2.46. The first kappa shape index (κ1) is 12.9. The molecule has 1 saturated carbocycles. The molecule has 2 amide bonds. The zero-order valence-electron chi connectivity index (χ0n) is 10.9. The summed E-state index contributed by atoms with van der Waals surface area (Å²) >= 11 is 0. The summed E-state index contributed by atoms with van der Waals surface area (Å²) in [4.78, 5) is 11.6. The smallest absolute Gasteiger partial charge is 0.315 e. The lowest BCUT2D eigenvalue weighted by molar-refractivity contribution is 0.232. The van der Waals surface area contributed by atoms with Crippen molar-refractivity contribution >= 4 is 6.03 Å². The highest BCUT2D eigenvalue weighted by Crippen LogP contribution is 2.17. The van der Waals surface area contributed by atoms with E-state index in [4.69, 9.17) is 4.52 Å². The summed E-state index contributed by atoms with van der Waals surface area (Å²) < 4.78 is 5.07. The Morgan fingerprint density at radius 1 is 1.44 bits per heavy atom. The van der Waals surface area contributed by atoms with Gasteiger partial charge in [0.1, 0.15) is 5.76 Å². The largest absolute Gasteiger partial charge is 0.361 e. The van der Waals surface area contributed by atoms with Crippen molar-refractivity contribution in [1.29, 1.82) is 0 Å². The van der Waals surface area contributed by atoms with Crippen LogP contribution in [-0.2, 0) is 6.42 Å². The molecular weight excluding hydrogens is 230 g/mol. The maximum atomic E-state index is 11.6. The number of aromatic nitrogens is 1. The van der Waals surface area contributed by atoms with Crippen LogP contribution in [0.5, 0.6) is 0 Å². The predicted molar refractivity (Wildman–Crippen MR) is 68.4 cm³/mol. The quantitative estimate of drug-likeness (QED) is 0.861. The number of carbonyl (C=O) groups excluding carboxylic acids is 1. The van der Waals surface area contributed by atoms with Crippen LogP contribution in [0.2, 0.25) is 0 Å². The molecule has 1 fully saturated rings. The number of rotatable bonds is 4. The van der Waals surface area contributed by atoms with Crippen LogP contribution in [0.3, 0.4) is 0 Å². The second-order valence-electron chi connectivity index (χ2n) is 4.92. The molecule has 5 heteroatoms. The van der Waals surface area contributed by atoms with Gasteiger partial charge >= 0.3 is 6.03 Å². The van der Waals surface area contributed by atoms with Gasteiger partial charge in [-0.1, -0.05) is 24.4 Å². The highest BCUT2D eigenvalue weighted by Gasteiger charge is 2.15. The molecule has 1 aliphatic carbocycles. The van der Waals surface area contributed by atoms with Crippen molar-refractivity contribution in [2.24, 2.45) is 0 Å². The number of nitrogens with one attached hydrogen (secondary N) is 2. The molecular formula is C13H21N3O2. The van der Waals surface area contributed by atoms with E-state index in [2.05, 4.69) is 15.8 Å². The minimum Gasteiger partial charge on any atom is -0.361 e. The van der Waals surface area contributed by atoms with Crippen molar-refractivity contribution in [2.45, 2.75) is 51.5 Å². The number of carbonyl (C=O) groups is 1. The Morgan fingerprint density at radius 2 is 2.22 bits per heavy atom. The molecule has 1 aromatic heterocycles. The van der Waals surface area contributed by atoms with Gasteiger partial charge in [-0.15, -0.1) is 0 Å². The Kier molecular flexibility index (Phi) is 4.61. The van der Waals surface area contributed by atoms with Crippen LogP contribution in [0, 0.1) is 6.92 Å². The molecule has 18 heavy (non-hydrogen) atoms. The van der Waals surface area contributed by atoms with Gasteiger partial charge in [-0.25, -0.2) is 4.79 Å². The standard InChI is InChI=1S/C13H21N3O2/c1-10-9-12(18-16-10)7-8-14-13(17)15-11-5-3-2-4-6-11/h9,11H,2-8H2,1H3,(H2,14,15,17). The molecule has 0 aromatic carbocycles. The first-order chi connectivity index (χ1) is 8.74. The maximum absolute atomic E-state index is 11.6. The van der Waals surface area contributed by atoms with Crippen molar-refractivity contribution in [2.75, 3.05) is 6.54 Å². The summed E-state index contributed by atoms with van der Waals surface area (Å²) in [6.07, 6.45) is 6.64. The van der Waals surface area contributed by atoms with E-state index >= 15 is 0 Å². The highest BCUT2D eigenvalue weighted by molar-refractivity contribution is 5.74. The van der Waals surface area contributed by atoms with E-state index in [1.54, 1.807) is 0 Å². The van der Waals surface area contributed by atoms with E-state index in [0.717, 1.165) is 24.3 Å². The zero-order chi connectivity index (χ0) is 12.8. The molecule has 100 valence electrons. The number of nitrogens with zero attached hydrogens (tertiary/aromatic N) is 1. The number of aryl methyl sites for hydroxylation is 1. The Morgan fingerprint density at radius 3 is 2.89 bits per heavy atom. The first-order valence-corrected chi connectivity index (χ1v) is 6.70. The van der Waals surface area contributed by atoms with Crippen molar-refractivity contribution in [3.05, 3.63) is 17.5 Å². The predicted octanol–water partition coefficient (Wildman–Crippen LogP) is 2.16. The van der Waals surface area contributed by atoms with Gasteiger partial charge in [0.15, 0.2) is 0 Å². The number of urea groups is 1. The SMILES string of the molecule is Cc1cc(CCNC(=O)NC2CCCCC2)on1. The van der Waals surface area contributed by atoms with Crippen LogP contribution >= 0.6 is 0 Å². The van der Waals surface area contributed by atoms with E-state index in [0.29, 0.717) is 19.0 Å². The Bertz CT molecular complexity index is 383. The number of amides is 2. The summed E-state index contributed by atoms with van der Waals surface area (Å²) in [5.74, 6) is 0.811. The fourth-order valence-corrected chi connectivity index (χ4v) is 2.32. The summed E-state index contributed by atoms with van der Waals surface area (Å²) in [7, 11) is 0. The van der Waals surface area contributed by atoms with Crippen LogP contribution in [0.15, 0.2) is 10.6 Å². The minimum atomic E-state index is -0.0712. The van der Waals surface area contributed by atoms with Crippen molar-refractivity contribution in [1.82, 2.24) is 15.8 Å². The lowest BCUT2D eigenvalue weighted by Gasteiger charge is -2.22. The van der Waals surface area contributed by atoms with Gasteiger partial charge in [-0.2, -0.15) is 0 Å². The molecule has 0 atom stereocenters. The van der Waals surface area contributed by atoms with E-state index in [-0.39, 0.29) is 6.03 Å². The van der Waals surface area contributed by atoms with Crippen LogP contribution in [0.1, 0.15) is 43.6 Å².